The molecule has 1 aromatic rings. The van der Waals surface area contributed by atoms with Gasteiger partial charge in [-0.3, -0.25) is 14.6 Å². The lowest BCUT2D eigenvalue weighted by Crippen LogP contribution is -2.49. The van der Waals surface area contributed by atoms with Gasteiger partial charge in [-0.15, -0.1) is 24.0 Å². The number of methoxy groups -OCH3 is 1. The maximum atomic E-state index is 12.5. The average molecular weight is 543 g/mol. The summed E-state index contributed by atoms with van der Waals surface area (Å²) in [7, 11) is 3.52. The molecule has 0 bridgehead atoms. The molecule has 0 aromatic heterocycles. The van der Waals surface area contributed by atoms with Gasteiger partial charge in [0.15, 0.2) is 5.96 Å². The zero-order valence-corrected chi connectivity index (χ0v) is 20.7. The Balaban J connectivity index is 0.00000341. The zero-order chi connectivity index (χ0) is 21.4. The van der Waals surface area contributed by atoms with Gasteiger partial charge in [-0.1, -0.05) is 18.6 Å². The SMILES string of the molecule is CN=C(NCc1ccc(C(=O)N2CCNC(=O)C2)cc1)NCC1(CCOC)CCC1.I. The Bertz CT molecular complexity index is 765. The molecule has 9 heteroatoms. The third-order valence-corrected chi connectivity index (χ3v) is 6.09. The first kappa shape index (κ1) is 25.4. The van der Waals surface area contributed by atoms with E-state index < -0.39 is 0 Å². The molecule has 1 heterocycles. The summed E-state index contributed by atoms with van der Waals surface area (Å²) in [5, 5.41) is 9.53. The fourth-order valence-corrected chi connectivity index (χ4v) is 3.95. The second-order valence-electron chi connectivity index (χ2n) is 8.15. The smallest absolute Gasteiger partial charge is 0.254 e. The number of halogens is 1. The third-order valence-electron chi connectivity index (χ3n) is 6.09. The summed E-state index contributed by atoms with van der Waals surface area (Å²) in [5.74, 6) is 0.557. The van der Waals surface area contributed by atoms with Crippen LogP contribution in [0, 0.1) is 5.41 Å². The number of carbonyl (C=O) groups is 2. The van der Waals surface area contributed by atoms with Crippen LogP contribution >= 0.6 is 24.0 Å². The van der Waals surface area contributed by atoms with Gasteiger partial charge in [0, 0.05) is 52.5 Å². The Labute approximate surface area is 201 Å². The molecule has 172 valence electrons. The number of hydrogen-bond acceptors (Lipinski definition) is 4. The van der Waals surface area contributed by atoms with Crippen molar-refractivity contribution in [1.29, 1.82) is 0 Å². The van der Waals surface area contributed by atoms with Crippen molar-refractivity contribution < 1.29 is 14.3 Å². The summed E-state index contributed by atoms with van der Waals surface area (Å²) >= 11 is 0. The van der Waals surface area contributed by atoms with Crippen molar-refractivity contribution in [3.8, 4) is 0 Å². The molecule has 2 amide bonds. The van der Waals surface area contributed by atoms with Gasteiger partial charge in [0.2, 0.25) is 5.91 Å². The van der Waals surface area contributed by atoms with E-state index in [1.54, 1.807) is 19.1 Å². The number of carbonyl (C=O) groups excluding carboxylic acids is 2. The second-order valence-corrected chi connectivity index (χ2v) is 8.15. The monoisotopic (exact) mass is 543 g/mol. The van der Waals surface area contributed by atoms with E-state index >= 15 is 0 Å². The van der Waals surface area contributed by atoms with Gasteiger partial charge in [0.05, 0.1) is 6.54 Å². The minimum atomic E-state index is -0.111. The van der Waals surface area contributed by atoms with E-state index in [1.165, 1.54) is 19.3 Å². The summed E-state index contributed by atoms with van der Waals surface area (Å²) in [4.78, 5) is 29.9. The van der Waals surface area contributed by atoms with Crippen LogP contribution < -0.4 is 16.0 Å². The quantitative estimate of drug-likeness (QED) is 0.264. The minimum absolute atomic E-state index is 0. The van der Waals surface area contributed by atoms with Crippen LogP contribution in [0.25, 0.3) is 0 Å². The zero-order valence-electron chi connectivity index (χ0n) is 18.4. The molecule has 31 heavy (non-hydrogen) atoms. The first-order valence-corrected chi connectivity index (χ1v) is 10.6. The number of piperazine rings is 1. The molecule has 8 nitrogen and oxygen atoms in total. The van der Waals surface area contributed by atoms with E-state index in [0.717, 1.165) is 31.1 Å². The van der Waals surface area contributed by atoms with E-state index in [2.05, 4.69) is 20.9 Å². The molecule has 0 spiro atoms. The molecule has 1 aliphatic heterocycles. The second kappa shape index (κ2) is 12.2. The Morgan fingerprint density at radius 3 is 2.58 bits per heavy atom. The van der Waals surface area contributed by atoms with Crippen LogP contribution in [0.3, 0.4) is 0 Å². The summed E-state index contributed by atoms with van der Waals surface area (Å²) in [6, 6.07) is 7.50. The number of nitrogens with one attached hydrogen (secondary N) is 3. The Kier molecular flexibility index (Phi) is 10.0. The summed E-state index contributed by atoms with van der Waals surface area (Å²) in [6.45, 7) is 3.47. The number of ether oxygens (including phenoxy) is 1. The van der Waals surface area contributed by atoms with Crippen LogP contribution in [0.5, 0.6) is 0 Å². The predicted molar refractivity (Wildman–Crippen MR) is 132 cm³/mol. The largest absolute Gasteiger partial charge is 0.385 e. The third kappa shape index (κ3) is 7.06. The number of nitrogens with zero attached hydrogens (tertiary/aromatic N) is 2. The van der Waals surface area contributed by atoms with E-state index in [1.807, 2.05) is 24.3 Å². The number of aliphatic imine (C=N–C) groups is 1. The highest BCUT2D eigenvalue weighted by Crippen LogP contribution is 2.43. The minimum Gasteiger partial charge on any atom is -0.385 e. The van der Waals surface area contributed by atoms with Crippen molar-refractivity contribution in [2.24, 2.45) is 10.4 Å². The summed E-state index contributed by atoms with van der Waals surface area (Å²) < 4.78 is 5.26. The molecule has 2 aliphatic rings. The Morgan fingerprint density at radius 1 is 1.26 bits per heavy atom. The van der Waals surface area contributed by atoms with Gasteiger partial charge in [-0.05, 0) is 42.4 Å². The first-order chi connectivity index (χ1) is 14.5. The number of benzene rings is 1. The first-order valence-electron chi connectivity index (χ1n) is 10.6. The highest BCUT2D eigenvalue weighted by molar-refractivity contribution is 14.0. The molecule has 0 radical (unpaired) electrons. The van der Waals surface area contributed by atoms with Crippen molar-refractivity contribution in [2.45, 2.75) is 32.2 Å². The summed E-state index contributed by atoms with van der Waals surface area (Å²) in [6.07, 6.45) is 4.81. The normalized spacial score (nSPS) is 17.8. The van der Waals surface area contributed by atoms with Crippen LogP contribution in [0.4, 0.5) is 0 Å². The van der Waals surface area contributed by atoms with Gasteiger partial charge in [0.1, 0.15) is 0 Å². The highest BCUT2D eigenvalue weighted by Gasteiger charge is 2.36. The van der Waals surface area contributed by atoms with Crippen molar-refractivity contribution >= 4 is 41.8 Å². The molecule has 1 saturated carbocycles. The number of hydrogen-bond donors (Lipinski definition) is 3. The van der Waals surface area contributed by atoms with Gasteiger partial charge in [0.25, 0.3) is 5.91 Å². The van der Waals surface area contributed by atoms with Crippen molar-refractivity contribution in [1.82, 2.24) is 20.9 Å². The molecule has 0 atom stereocenters. The standard InChI is InChI=1S/C22H33N5O3.HI/c1-23-21(26-16-22(8-3-9-22)10-13-30-2)25-14-17-4-6-18(7-5-17)20(29)27-12-11-24-19(28)15-27;/h4-7H,3,8-16H2,1-2H3,(H,24,28)(H2,23,25,26);1H. The molecule has 3 N–H and O–H groups in total. The van der Waals surface area contributed by atoms with Crippen LogP contribution in [0.15, 0.2) is 29.3 Å². The van der Waals surface area contributed by atoms with Gasteiger partial charge < -0.3 is 25.6 Å². The lowest BCUT2D eigenvalue weighted by molar-refractivity contribution is -0.123. The van der Waals surface area contributed by atoms with Gasteiger partial charge in [-0.2, -0.15) is 0 Å². The molecule has 2 fully saturated rings. The number of rotatable bonds is 8. The summed E-state index contributed by atoms with van der Waals surface area (Å²) in [5.41, 5.74) is 1.98. The van der Waals surface area contributed by atoms with Crippen LogP contribution in [-0.2, 0) is 16.1 Å². The molecule has 1 saturated heterocycles. The van der Waals surface area contributed by atoms with Crippen LogP contribution in [0.2, 0.25) is 0 Å². The fraction of sp³-hybridized carbons (Fsp3) is 0.591. The highest BCUT2D eigenvalue weighted by atomic mass is 127. The molecular weight excluding hydrogens is 509 g/mol. The van der Waals surface area contributed by atoms with Gasteiger partial charge >= 0.3 is 0 Å². The van der Waals surface area contributed by atoms with E-state index in [4.69, 9.17) is 4.74 Å². The maximum absolute atomic E-state index is 12.5. The van der Waals surface area contributed by atoms with Crippen molar-refractivity contribution in [2.75, 3.05) is 46.9 Å². The van der Waals surface area contributed by atoms with Crippen LogP contribution in [-0.4, -0.2) is 69.6 Å². The van der Waals surface area contributed by atoms with Crippen molar-refractivity contribution in [3.05, 3.63) is 35.4 Å². The topological polar surface area (TPSA) is 95.1 Å². The molecule has 3 rings (SSSR count). The van der Waals surface area contributed by atoms with Crippen molar-refractivity contribution in [3.63, 3.8) is 0 Å². The van der Waals surface area contributed by atoms with E-state index in [-0.39, 0.29) is 42.3 Å². The maximum Gasteiger partial charge on any atom is 0.254 e. The predicted octanol–water partition coefficient (Wildman–Crippen LogP) is 1.75. The van der Waals surface area contributed by atoms with E-state index in [9.17, 15) is 9.59 Å². The van der Waals surface area contributed by atoms with E-state index in [0.29, 0.717) is 30.6 Å². The number of amides is 2. The molecule has 1 aliphatic carbocycles. The molecular formula is C22H34IN5O3. The Hall–Kier alpha value is -1.88. The average Bonchev–Trinajstić information content (AvgIpc) is 2.74. The van der Waals surface area contributed by atoms with Gasteiger partial charge in [-0.25, -0.2) is 0 Å². The van der Waals surface area contributed by atoms with Crippen LogP contribution in [0.1, 0.15) is 41.6 Å². The Morgan fingerprint density at radius 2 is 2.00 bits per heavy atom. The molecule has 0 unspecified atom stereocenters. The molecule has 1 aromatic carbocycles. The lowest BCUT2D eigenvalue weighted by atomic mass is 9.67. The number of guanidine groups is 1. The fourth-order valence-electron chi connectivity index (χ4n) is 3.95. The lowest BCUT2D eigenvalue weighted by Gasteiger charge is -2.42.